The molecule has 0 unspecified atom stereocenters. The summed E-state index contributed by atoms with van der Waals surface area (Å²) in [6.45, 7) is 4.45. The summed E-state index contributed by atoms with van der Waals surface area (Å²) in [6, 6.07) is 6.18. The molecular weight excluding hydrogens is 226 g/mol. The zero-order valence-electron chi connectivity index (χ0n) is 10.9. The lowest BCUT2D eigenvalue weighted by Crippen LogP contribution is -2.33. The maximum Gasteiger partial charge on any atom is 0.137 e. The van der Waals surface area contributed by atoms with Crippen molar-refractivity contribution in [2.75, 3.05) is 20.2 Å². The largest absolute Gasteiger partial charge is 0.497 e. The summed E-state index contributed by atoms with van der Waals surface area (Å²) in [5, 5.41) is 4.58. The quantitative estimate of drug-likeness (QED) is 0.882. The average Bonchev–Trinajstić information content (AvgIpc) is 2.86. The molecule has 3 nitrogen and oxygen atoms in total. The third-order valence-corrected chi connectivity index (χ3v) is 3.97. The average molecular weight is 245 g/mol. The molecule has 0 radical (unpaired) electrons. The third kappa shape index (κ3) is 1.89. The number of furan rings is 1. The number of fused-ring (bicyclic) bond motifs is 1. The van der Waals surface area contributed by atoms with E-state index in [0.29, 0.717) is 11.8 Å². The highest BCUT2D eigenvalue weighted by molar-refractivity contribution is 5.82. The fourth-order valence-corrected chi connectivity index (χ4v) is 2.95. The molecule has 2 heterocycles. The molecule has 1 fully saturated rings. The molecular formula is C15H19NO2. The van der Waals surface area contributed by atoms with Gasteiger partial charge in [0.15, 0.2) is 0 Å². The molecule has 2 atom stereocenters. The van der Waals surface area contributed by atoms with Crippen molar-refractivity contribution in [2.45, 2.75) is 19.3 Å². The summed E-state index contributed by atoms with van der Waals surface area (Å²) in [5.41, 5.74) is 2.32. The number of hydrogen-bond acceptors (Lipinski definition) is 3. The van der Waals surface area contributed by atoms with Gasteiger partial charge in [-0.15, -0.1) is 0 Å². The number of rotatable bonds is 2. The normalized spacial score (nSPS) is 24.3. The molecule has 1 aliphatic heterocycles. The lowest BCUT2D eigenvalue weighted by molar-refractivity contribution is 0.347. The molecule has 1 aromatic carbocycles. The smallest absolute Gasteiger partial charge is 0.137 e. The highest BCUT2D eigenvalue weighted by Crippen LogP contribution is 2.37. The van der Waals surface area contributed by atoms with E-state index in [9.17, 15) is 0 Å². The van der Waals surface area contributed by atoms with Gasteiger partial charge in [-0.3, -0.25) is 0 Å². The van der Waals surface area contributed by atoms with E-state index in [1.165, 1.54) is 5.56 Å². The molecule has 3 rings (SSSR count). The molecule has 1 saturated heterocycles. The number of hydrogen-bond donors (Lipinski definition) is 1. The van der Waals surface area contributed by atoms with Crippen LogP contribution in [0.2, 0.25) is 0 Å². The maximum atomic E-state index is 5.67. The van der Waals surface area contributed by atoms with Gasteiger partial charge in [-0.25, -0.2) is 0 Å². The Balaban J connectivity index is 2.10. The lowest BCUT2D eigenvalue weighted by Gasteiger charge is -2.30. The van der Waals surface area contributed by atoms with Crippen LogP contribution in [-0.2, 0) is 0 Å². The molecule has 1 aromatic heterocycles. The van der Waals surface area contributed by atoms with E-state index >= 15 is 0 Å². The van der Waals surface area contributed by atoms with E-state index < -0.39 is 0 Å². The van der Waals surface area contributed by atoms with Crippen LogP contribution in [0.5, 0.6) is 5.75 Å². The topological polar surface area (TPSA) is 34.4 Å². The molecule has 18 heavy (non-hydrogen) atoms. The van der Waals surface area contributed by atoms with Crippen molar-refractivity contribution >= 4 is 11.0 Å². The third-order valence-electron chi connectivity index (χ3n) is 3.97. The van der Waals surface area contributed by atoms with Crippen LogP contribution >= 0.6 is 0 Å². The molecule has 1 aliphatic rings. The highest BCUT2D eigenvalue weighted by Gasteiger charge is 2.26. The van der Waals surface area contributed by atoms with Crippen LogP contribution in [0, 0.1) is 5.92 Å². The van der Waals surface area contributed by atoms with Gasteiger partial charge in [0.2, 0.25) is 0 Å². The minimum Gasteiger partial charge on any atom is -0.497 e. The second-order valence-corrected chi connectivity index (χ2v) is 5.13. The number of benzene rings is 1. The van der Waals surface area contributed by atoms with Crippen LogP contribution in [0.3, 0.4) is 0 Å². The first kappa shape index (κ1) is 11.6. The Morgan fingerprint density at radius 1 is 1.39 bits per heavy atom. The van der Waals surface area contributed by atoms with Gasteiger partial charge in [0.05, 0.1) is 13.4 Å². The SMILES string of the molecule is COc1cc([C@H]2CCNC[C@H]2C)c2occc2c1. The van der Waals surface area contributed by atoms with Crippen LogP contribution in [0.25, 0.3) is 11.0 Å². The molecule has 0 saturated carbocycles. The second-order valence-electron chi connectivity index (χ2n) is 5.13. The predicted molar refractivity (Wildman–Crippen MR) is 72.2 cm³/mol. The van der Waals surface area contributed by atoms with Crippen molar-refractivity contribution in [2.24, 2.45) is 5.92 Å². The van der Waals surface area contributed by atoms with Crippen molar-refractivity contribution < 1.29 is 9.15 Å². The molecule has 0 spiro atoms. The minimum atomic E-state index is 0.551. The Labute approximate surface area is 107 Å². The van der Waals surface area contributed by atoms with Crippen molar-refractivity contribution in [3.8, 4) is 5.75 Å². The lowest BCUT2D eigenvalue weighted by atomic mass is 9.81. The fraction of sp³-hybridized carbons (Fsp3) is 0.467. The minimum absolute atomic E-state index is 0.551. The van der Waals surface area contributed by atoms with E-state index in [0.717, 1.165) is 36.2 Å². The molecule has 2 aromatic rings. The number of ether oxygens (including phenoxy) is 1. The van der Waals surface area contributed by atoms with Crippen molar-refractivity contribution in [1.82, 2.24) is 5.32 Å². The summed E-state index contributed by atoms with van der Waals surface area (Å²) < 4.78 is 11.1. The van der Waals surface area contributed by atoms with E-state index in [4.69, 9.17) is 9.15 Å². The summed E-state index contributed by atoms with van der Waals surface area (Å²) in [6.07, 6.45) is 2.92. The van der Waals surface area contributed by atoms with Crippen LogP contribution in [0.1, 0.15) is 24.8 Å². The van der Waals surface area contributed by atoms with Gasteiger partial charge in [0, 0.05) is 10.9 Å². The monoisotopic (exact) mass is 245 g/mol. The second kappa shape index (κ2) is 4.65. The van der Waals surface area contributed by atoms with Gasteiger partial charge in [0.25, 0.3) is 0 Å². The zero-order valence-corrected chi connectivity index (χ0v) is 10.9. The molecule has 0 amide bonds. The first-order valence-electron chi connectivity index (χ1n) is 6.55. The van der Waals surface area contributed by atoms with Crippen LogP contribution in [-0.4, -0.2) is 20.2 Å². The molecule has 3 heteroatoms. The predicted octanol–water partition coefficient (Wildman–Crippen LogP) is 3.15. The van der Waals surface area contributed by atoms with Gasteiger partial charge in [-0.1, -0.05) is 6.92 Å². The van der Waals surface area contributed by atoms with Gasteiger partial charge < -0.3 is 14.5 Å². The van der Waals surface area contributed by atoms with E-state index in [2.05, 4.69) is 18.3 Å². The van der Waals surface area contributed by atoms with Gasteiger partial charge in [-0.05, 0) is 49.5 Å². The molecule has 0 bridgehead atoms. The number of piperidine rings is 1. The Morgan fingerprint density at radius 2 is 2.28 bits per heavy atom. The summed E-state index contributed by atoms with van der Waals surface area (Å²) in [4.78, 5) is 0. The Kier molecular flexibility index (Phi) is 3.00. The Hall–Kier alpha value is -1.48. The van der Waals surface area contributed by atoms with Crippen LogP contribution in [0.15, 0.2) is 28.9 Å². The van der Waals surface area contributed by atoms with Crippen molar-refractivity contribution in [3.05, 3.63) is 30.0 Å². The first-order chi connectivity index (χ1) is 8.79. The van der Waals surface area contributed by atoms with E-state index in [-0.39, 0.29) is 0 Å². The van der Waals surface area contributed by atoms with Crippen molar-refractivity contribution in [3.63, 3.8) is 0 Å². The highest BCUT2D eigenvalue weighted by atomic mass is 16.5. The van der Waals surface area contributed by atoms with Crippen LogP contribution < -0.4 is 10.1 Å². The summed E-state index contributed by atoms with van der Waals surface area (Å²) in [7, 11) is 1.72. The Morgan fingerprint density at radius 3 is 3.06 bits per heavy atom. The summed E-state index contributed by atoms with van der Waals surface area (Å²) in [5.74, 6) is 2.10. The van der Waals surface area contributed by atoms with E-state index in [1.807, 2.05) is 12.1 Å². The molecule has 96 valence electrons. The Bertz CT molecular complexity index is 546. The van der Waals surface area contributed by atoms with E-state index in [1.54, 1.807) is 13.4 Å². The number of methoxy groups -OCH3 is 1. The molecule has 1 N–H and O–H groups in total. The van der Waals surface area contributed by atoms with Gasteiger partial charge >= 0.3 is 0 Å². The standard InChI is InChI=1S/C15H19NO2/c1-10-9-16-5-3-13(10)14-8-12(17-2)7-11-4-6-18-15(11)14/h4,6-8,10,13,16H,3,5,9H2,1-2H3/t10-,13+/m1/s1. The molecule has 0 aliphatic carbocycles. The maximum absolute atomic E-state index is 5.67. The number of nitrogens with one attached hydrogen (secondary N) is 1. The van der Waals surface area contributed by atoms with Crippen molar-refractivity contribution in [1.29, 1.82) is 0 Å². The fourth-order valence-electron chi connectivity index (χ4n) is 2.95. The summed E-state index contributed by atoms with van der Waals surface area (Å²) >= 11 is 0. The zero-order chi connectivity index (χ0) is 12.5. The van der Waals surface area contributed by atoms with Crippen LogP contribution in [0.4, 0.5) is 0 Å². The first-order valence-corrected chi connectivity index (χ1v) is 6.55. The van der Waals surface area contributed by atoms with Gasteiger partial charge in [0.1, 0.15) is 11.3 Å². The van der Waals surface area contributed by atoms with Gasteiger partial charge in [-0.2, -0.15) is 0 Å².